The Morgan fingerprint density at radius 1 is 1.23 bits per heavy atom. The van der Waals surface area contributed by atoms with E-state index in [9.17, 15) is 0 Å². The van der Waals surface area contributed by atoms with Crippen molar-refractivity contribution in [2.75, 3.05) is 13.1 Å². The number of nitrogens with two attached hydrogens (primary N) is 1. The van der Waals surface area contributed by atoms with Crippen LogP contribution >= 0.6 is 0 Å². The highest BCUT2D eigenvalue weighted by atomic mass is 14.7. The van der Waals surface area contributed by atoms with Gasteiger partial charge < -0.3 is 5.73 Å². The highest BCUT2D eigenvalue weighted by molar-refractivity contribution is 5.81. The van der Waals surface area contributed by atoms with Crippen molar-refractivity contribution >= 4 is 5.71 Å². The molecule has 13 heavy (non-hydrogen) atoms. The molecule has 0 aliphatic heterocycles. The Morgan fingerprint density at radius 2 is 1.92 bits per heavy atom. The molecule has 0 bridgehead atoms. The highest BCUT2D eigenvalue weighted by Gasteiger charge is 1.95. The molecule has 0 aromatic heterocycles. The standard InChI is InChI=1S/C11H24N2/c1-10(2)9-11(3)13-8-6-4-5-7-12/h10H,4-9,12H2,1-3H3. The average molecular weight is 184 g/mol. The van der Waals surface area contributed by atoms with Crippen LogP contribution in [-0.2, 0) is 0 Å². The summed E-state index contributed by atoms with van der Waals surface area (Å²) < 4.78 is 0. The molecule has 0 atom stereocenters. The molecular weight excluding hydrogens is 160 g/mol. The first kappa shape index (κ1) is 12.6. The SMILES string of the molecule is CC(CC(C)C)=NCCCCCN. The van der Waals surface area contributed by atoms with Crippen molar-refractivity contribution in [1.29, 1.82) is 0 Å². The van der Waals surface area contributed by atoms with Crippen molar-refractivity contribution in [3.05, 3.63) is 0 Å². The predicted octanol–water partition coefficient (Wildman–Crippen LogP) is 2.62. The first-order valence-electron chi connectivity index (χ1n) is 5.36. The van der Waals surface area contributed by atoms with Gasteiger partial charge in [0, 0.05) is 12.3 Å². The van der Waals surface area contributed by atoms with Gasteiger partial charge in [0.1, 0.15) is 0 Å². The number of nitrogens with zero attached hydrogens (tertiary/aromatic N) is 1. The van der Waals surface area contributed by atoms with E-state index in [4.69, 9.17) is 5.73 Å². The molecule has 0 amide bonds. The van der Waals surface area contributed by atoms with Crippen LogP contribution in [0.5, 0.6) is 0 Å². The topological polar surface area (TPSA) is 38.4 Å². The normalized spacial score (nSPS) is 12.5. The van der Waals surface area contributed by atoms with Crippen LogP contribution in [0.25, 0.3) is 0 Å². The van der Waals surface area contributed by atoms with Crippen LogP contribution in [0.15, 0.2) is 4.99 Å². The van der Waals surface area contributed by atoms with Crippen molar-refractivity contribution in [3.63, 3.8) is 0 Å². The molecule has 0 radical (unpaired) electrons. The summed E-state index contributed by atoms with van der Waals surface area (Å²) in [5, 5.41) is 0. The molecule has 0 aliphatic carbocycles. The summed E-state index contributed by atoms with van der Waals surface area (Å²) in [4.78, 5) is 4.51. The van der Waals surface area contributed by atoms with Crippen molar-refractivity contribution in [2.24, 2.45) is 16.6 Å². The van der Waals surface area contributed by atoms with E-state index in [1.807, 2.05) is 0 Å². The molecule has 0 saturated carbocycles. The van der Waals surface area contributed by atoms with Crippen LogP contribution in [0.1, 0.15) is 46.5 Å². The first-order chi connectivity index (χ1) is 6.16. The summed E-state index contributed by atoms with van der Waals surface area (Å²) in [6.07, 6.45) is 4.68. The lowest BCUT2D eigenvalue weighted by atomic mass is 10.1. The number of aliphatic imine (C=N–C) groups is 1. The Bertz CT molecular complexity index is 139. The molecular formula is C11H24N2. The number of hydrogen-bond acceptors (Lipinski definition) is 2. The molecule has 0 aromatic carbocycles. The van der Waals surface area contributed by atoms with Crippen molar-refractivity contribution < 1.29 is 0 Å². The summed E-state index contributed by atoms with van der Waals surface area (Å²) in [5.74, 6) is 0.729. The zero-order valence-electron chi connectivity index (χ0n) is 9.34. The van der Waals surface area contributed by atoms with Gasteiger partial charge in [-0.25, -0.2) is 0 Å². The molecule has 2 N–H and O–H groups in total. The van der Waals surface area contributed by atoms with Gasteiger partial charge in [-0.15, -0.1) is 0 Å². The lowest BCUT2D eigenvalue weighted by Crippen LogP contribution is -2.00. The molecule has 2 nitrogen and oxygen atoms in total. The van der Waals surface area contributed by atoms with E-state index in [1.165, 1.54) is 18.6 Å². The summed E-state index contributed by atoms with van der Waals surface area (Å²) in [7, 11) is 0. The number of rotatable bonds is 7. The lowest BCUT2D eigenvalue weighted by molar-refractivity contribution is 0.670. The molecule has 0 fully saturated rings. The van der Waals surface area contributed by atoms with Gasteiger partial charge in [-0.2, -0.15) is 0 Å². The maximum absolute atomic E-state index is 5.40. The van der Waals surface area contributed by atoms with Gasteiger partial charge in [-0.3, -0.25) is 4.99 Å². The van der Waals surface area contributed by atoms with Crippen LogP contribution in [0.3, 0.4) is 0 Å². The van der Waals surface area contributed by atoms with Crippen LogP contribution < -0.4 is 5.73 Å². The predicted molar refractivity (Wildman–Crippen MR) is 60.3 cm³/mol. The zero-order chi connectivity index (χ0) is 10.1. The van der Waals surface area contributed by atoms with Gasteiger partial charge in [0.15, 0.2) is 0 Å². The minimum absolute atomic E-state index is 0.729. The van der Waals surface area contributed by atoms with E-state index < -0.39 is 0 Å². The van der Waals surface area contributed by atoms with Gasteiger partial charge in [0.25, 0.3) is 0 Å². The highest BCUT2D eigenvalue weighted by Crippen LogP contribution is 2.02. The fourth-order valence-corrected chi connectivity index (χ4v) is 1.36. The third-order valence-electron chi connectivity index (χ3n) is 1.95. The van der Waals surface area contributed by atoms with E-state index in [0.717, 1.165) is 31.8 Å². The van der Waals surface area contributed by atoms with Crippen LogP contribution in [0.4, 0.5) is 0 Å². The monoisotopic (exact) mass is 184 g/mol. The first-order valence-corrected chi connectivity index (χ1v) is 5.36. The summed E-state index contributed by atoms with van der Waals surface area (Å²) >= 11 is 0. The van der Waals surface area contributed by atoms with E-state index in [2.05, 4.69) is 25.8 Å². The second kappa shape index (κ2) is 8.24. The number of unbranched alkanes of at least 4 members (excludes halogenated alkanes) is 2. The molecule has 0 rings (SSSR count). The molecule has 0 spiro atoms. The maximum Gasteiger partial charge on any atom is 0.0388 e. The second-order valence-electron chi connectivity index (χ2n) is 4.06. The summed E-state index contributed by atoms with van der Waals surface area (Å²) in [6.45, 7) is 8.39. The molecule has 0 saturated heterocycles. The van der Waals surface area contributed by atoms with E-state index in [1.54, 1.807) is 0 Å². The number of hydrogen-bond donors (Lipinski definition) is 1. The molecule has 0 aliphatic rings. The smallest absolute Gasteiger partial charge is 0.0388 e. The minimum atomic E-state index is 0.729. The van der Waals surface area contributed by atoms with Gasteiger partial charge in [-0.05, 0) is 38.6 Å². The van der Waals surface area contributed by atoms with Gasteiger partial charge in [0.05, 0.1) is 0 Å². The van der Waals surface area contributed by atoms with Crippen LogP contribution in [0, 0.1) is 5.92 Å². The lowest BCUT2D eigenvalue weighted by Gasteiger charge is -2.03. The molecule has 0 aromatic rings. The summed E-state index contributed by atoms with van der Waals surface area (Å²) in [5.41, 5.74) is 6.69. The van der Waals surface area contributed by atoms with Gasteiger partial charge >= 0.3 is 0 Å². The summed E-state index contributed by atoms with van der Waals surface area (Å²) in [6, 6.07) is 0. The molecule has 2 heteroatoms. The van der Waals surface area contributed by atoms with E-state index >= 15 is 0 Å². The minimum Gasteiger partial charge on any atom is -0.330 e. The Labute approximate surface area is 82.6 Å². The van der Waals surface area contributed by atoms with Crippen molar-refractivity contribution in [1.82, 2.24) is 0 Å². The largest absolute Gasteiger partial charge is 0.330 e. The van der Waals surface area contributed by atoms with Crippen molar-refractivity contribution in [3.8, 4) is 0 Å². The maximum atomic E-state index is 5.40. The van der Waals surface area contributed by atoms with Crippen LogP contribution in [0.2, 0.25) is 0 Å². The Balaban J connectivity index is 3.36. The Morgan fingerprint density at radius 3 is 2.46 bits per heavy atom. The van der Waals surface area contributed by atoms with Gasteiger partial charge in [-0.1, -0.05) is 20.3 Å². The van der Waals surface area contributed by atoms with Crippen molar-refractivity contribution in [2.45, 2.75) is 46.5 Å². The van der Waals surface area contributed by atoms with E-state index in [0.29, 0.717) is 0 Å². The van der Waals surface area contributed by atoms with E-state index in [-0.39, 0.29) is 0 Å². The van der Waals surface area contributed by atoms with Gasteiger partial charge in [0.2, 0.25) is 0 Å². The third-order valence-corrected chi connectivity index (χ3v) is 1.95. The average Bonchev–Trinajstić information content (AvgIpc) is 2.02. The Kier molecular flexibility index (Phi) is 8.00. The van der Waals surface area contributed by atoms with Crippen LogP contribution in [-0.4, -0.2) is 18.8 Å². The second-order valence-corrected chi connectivity index (χ2v) is 4.06. The molecule has 78 valence electrons. The Hall–Kier alpha value is -0.370. The third kappa shape index (κ3) is 9.54. The zero-order valence-corrected chi connectivity index (χ0v) is 9.34. The quantitative estimate of drug-likeness (QED) is 0.479. The fraction of sp³-hybridized carbons (Fsp3) is 0.909. The molecule has 0 unspecified atom stereocenters. The fourth-order valence-electron chi connectivity index (χ4n) is 1.36. The molecule has 0 heterocycles.